The molecule has 0 atom stereocenters. The molecule has 3 aromatic rings. The average molecular weight is 509 g/mol. The monoisotopic (exact) mass is 508 g/mol. The molecule has 0 saturated carbocycles. The molecule has 2 heterocycles. The van der Waals surface area contributed by atoms with E-state index in [1.165, 1.54) is 10.1 Å². The largest absolute Gasteiger partial charge is 0.353 e. The van der Waals surface area contributed by atoms with Crippen molar-refractivity contribution < 1.29 is 8.42 Å². The molecule has 1 saturated heterocycles. The van der Waals surface area contributed by atoms with Gasteiger partial charge in [-0.05, 0) is 67.3 Å². The molecule has 0 aliphatic carbocycles. The van der Waals surface area contributed by atoms with E-state index in [1.54, 1.807) is 35.8 Å². The van der Waals surface area contributed by atoms with Gasteiger partial charge in [0.25, 0.3) is 0 Å². The Labute approximate surface area is 190 Å². The fourth-order valence-electron chi connectivity index (χ4n) is 3.65. The SMILES string of the molecule is O=S(=O)(NCCCCN1CCN(c2nsc3ccccc23)CC1)c1ccc(Br)cc1. The van der Waals surface area contributed by atoms with Crippen molar-refractivity contribution in [2.75, 3.05) is 44.2 Å². The molecule has 0 radical (unpaired) electrons. The maximum Gasteiger partial charge on any atom is 0.240 e. The van der Waals surface area contributed by atoms with Crippen LogP contribution in [0.4, 0.5) is 5.82 Å². The number of halogens is 1. The summed E-state index contributed by atoms with van der Waals surface area (Å²) in [6.45, 7) is 5.43. The predicted octanol–water partition coefficient (Wildman–Crippen LogP) is 3.94. The van der Waals surface area contributed by atoms with Gasteiger partial charge in [0.1, 0.15) is 5.82 Å². The van der Waals surface area contributed by atoms with Crippen LogP contribution < -0.4 is 9.62 Å². The molecule has 0 amide bonds. The van der Waals surface area contributed by atoms with E-state index in [9.17, 15) is 8.42 Å². The molecule has 1 aliphatic heterocycles. The minimum atomic E-state index is -3.43. The lowest BCUT2D eigenvalue weighted by atomic mass is 10.2. The first kappa shape index (κ1) is 21.7. The van der Waals surface area contributed by atoms with Crippen LogP contribution in [0.3, 0.4) is 0 Å². The first-order valence-electron chi connectivity index (χ1n) is 10.1. The highest BCUT2D eigenvalue weighted by Crippen LogP contribution is 2.29. The van der Waals surface area contributed by atoms with Gasteiger partial charge < -0.3 is 4.90 Å². The van der Waals surface area contributed by atoms with Gasteiger partial charge in [0.2, 0.25) is 10.0 Å². The van der Waals surface area contributed by atoms with E-state index in [-0.39, 0.29) is 0 Å². The molecule has 4 rings (SSSR count). The Hall–Kier alpha value is -1.52. The first-order chi connectivity index (χ1) is 14.5. The third kappa shape index (κ3) is 5.20. The number of unbranched alkanes of at least 4 members (excludes halogenated alkanes) is 1. The lowest BCUT2D eigenvalue weighted by molar-refractivity contribution is 0.253. The number of anilines is 1. The molecule has 2 aromatic carbocycles. The Bertz CT molecular complexity index is 1080. The zero-order chi connectivity index (χ0) is 21.0. The summed E-state index contributed by atoms with van der Waals surface area (Å²) in [6.07, 6.45) is 1.80. The van der Waals surface area contributed by atoms with Gasteiger partial charge in [-0.15, -0.1) is 0 Å². The molecule has 1 fully saturated rings. The van der Waals surface area contributed by atoms with Crippen molar-refractivity contribution >= 4 is 53.4 Å². The summed E-state index contributed by atoms with van der Waals surface area (Å²) in [5.41, 5.74) is 0. The highest BCUT2D eigenvalue weighted by molar-refractivity contribution is 9.10. The lowest BCUT2D eigenvalue weighted by Crippen LogP contribution is -2.46. The summed E-state index contributed by atoms with van der Waals surface area (Å²) >= 11 is 4.89. The Morgan fingerprint density at radius 2 is 1.73 bits per heavy atom. The molecule has 160 valence electrons. The van der Waals surface area contributed by atoms with Crippen molar-refractivity contribution in [1.29, 1.82) is 0 Å². The number of nitrogens with one attached hydrogen (secondary N) is 1. The summed E-state index contributed by atoms with van der Waals surface area (Å²) in [5, 5.41) is 1.24. The summed E-state index contributed by atoms with van der Waals surface area (Å²) in [6, 6.07) is 15.1. The molecule has 0 spiro atoms. The van der Waals surface area contributed by atoms with Crippen LogP contribution in [-0.4, -0.2) is 57.0 Å². The molecule has 1 aromatic heterocycles. The molecule has 1 N–H and O–H groups in total. The zero-order valence-corrected chi connectivity index (χ0v) is 19.8. The van der Waals surface area contributed by atoms with Gasteiger partial charge in [-0.1, -0.05) is 28.1 Å². The number of sulfonamides is 1. The summed E-state index contributed by atoms with van der Waals surface area (Å²) in [4.78, 5) is 5.13. The standard InChI is InChI=1S/C21H25BrN4O2S2/c22-17-7-9-18(10-8-17)30(27,28)23-11-3-4-12-25-13-15-26(16-14-25)21-19-5-1-2-6-20(19)29-24-21/h1-2,5-10,23H,3-4,11-16H2. The number of fused-ring (bicyclic) bond motifs is 1. The summed E-state index contributed by atoms with van der Waals surface area (Å²) in [7, 11) is -3.43. The number of rotatable bonds is 8. The van der Waals surface area contributed by atoms with E-state index >= 15 is 0 Å². The van der Waals surface area contributed by atoms with Crippen molar-refractivity contribution in [3.05, 3.63) is 53.0 Å². The van der Waals surface area contributed by atoms with Gasteiger partial charge in [-0.25, -0.2) is 13.1 Å². The van der Waals surface area contributed by atoms with Gasteiger partial charge in [0, 0.05) is 42.6 Å². The third-order valence-electron chi connectivity index (χ3n) is 5.35. The molecule has 9 heteroatoms. The predicted molar refractivity (Wildman–Crippen MR) is 127 cm³/mol. The number of benzene rings is 2. The van der Waals surface area contributed by atoms with Crippen molar-refractivity contribution in [2.24, 2.45) is 0 Å². The second-order valence-electron chi connectivity index (χ2n) is 7.39. The maximum absolute atomic E-state index is 12.3. The number of piperazine rings is 1. The van der Waals surface area contributed by atoms with Gasteiger partial charge >= 0.3 is 0 Å². The van der Waals surface area contributed by atoms with Crippen LogP contribution in [0.1, 0.15) is 12.8 Å². The Morgan fingerprint density at radius 1 is 1.00 bits per heavy atom. The summed E-state index contributed by atoms with van der Waals surface area (Å²) < 4.78 is 34.1. The van der Waals surface area contributed by atoms with Crippen molar-refractivity contribution in [3.63, 3.8) is 0 Å². The molecular formula is C21H25BrN4O2S2. The lowest BCUT2D eigenvalue weighted by Gasteiger charge is -2.35. The number of aromatic nitrogens is 1. The van der Waals surface area contributed by atoms with Crippen molar-refractivity contribution in [3.8, 4) is 0 Å². The molecule has 30 heavy (non-hydrogen) atoms. The topological polar surface area (TPSA) is 65.5 Å². The van der Waals surface area contributed by atoms with Crippen LogP contribution in [-0.2, 0) is 10.0 Å². The third-order valence-corrected chi connectivity index (χ3v) is 8.17. The van der Waals surface area contributed by atoms with E-state index in [0.717, 1.165) is 55.9 Å². The Morgan fingerprint density at radius 3 is 2.50 bits per heavy atom. The van der Waals surface area contributed by atoms with E-state index in [2.05, 4.69) is 59.1 Å². The fourth-order valence-corrected chi connectivity index (χ4v) is 5.78. The second kappa shape index (κ2) is 9.74. The Kier molecular flexibility index (Phi) is 7.05. The molecule has 6 nitrogen and oxygen atoms in total. The highest BCUT2D eigenvalue weighted by atomic mass is 79.9. The maximum atomic E-state index is 12.3. The molecule has 0 unspecified atom stereocenters. The van der Waals surface area contributed by atoms with Crippen LogP contribution in [0.5, 0.6) is 0 Å². The fraction of sp³-hybridized carbons (Fsp3) is 0.381. The Balaban J connectivity index is 1.18. The smallest absolute Gasteiger partial charge is 0.240 e. The minimum Gasteiger partial charge on any atom is -0.353 e. The van der Waals surface area contributed by atoms with E-state index < -0.39 is 10.0 Å². The van der Waals surface area contributed by atoms with Gasteiger partial charge in [0.05, 0.1) is 9.60 Å². The van der Waals surface area contributed by atoms with Crippen LogP contribution in [0.15, 0.2) is 57.9 Å². The van der Waals surface area contributed by atoms with Crippen LogP contribution >= 0.6 is 27.5 Å². The molecule has 0 bridgehead atoms. The van der Waals surface area contributed by atoms with Crippen LogP contribution in [0.25, 0.3) is 10.1 Å². The quantitative estimate of drug-likeness (QED) is 0.466. The van der Waals surface area contributed by atoms with Gasteiger partial charge in [0.15, 0.2) is 0 Å². The van der Waals surface area contributed by atoms with E-state index in [1.807, 2.05) is 0 Å². The normalized spacial score (nSPS) is 15.7. The average Bonchev–Trinajstić information content (AvgIpc) is 3.18. The van der Waals surface area contributed by atoms with Gasteiger partial charge in [-0.2, -0.15) is 4.37 Å². The van der Waals surface area contributed by atoms with E-state index in [4.69, 9.17) is 0 Å². The zero-order valence-electron chi connectivity index (χ0n) is 16.6. The minimum absolute atomic E-state index is 0.302. The van der Waals surface area contributed by atoms with E-state index in [0.29, 0.717) is 11.4 Å². The van der Waals surface area contributed by atoms with Crippen LogP contribution in [0.2, 0.25) is 0 Å². The first-order valence-corrected chi connectivity index (χ1v) is 13.1. The number of hydrogen-bond acceptors (Lipinski definition) is 6. The number of hydrogen-bond donors (Lipinski definition) is 1. The highest BCUT2D eigenvalue weighted by Gasteiger charge is 2.20. The number of nitrogens with zero attached hydrogens (tertiary/aromatic N) is 3. The summed E-state index contributed by atoms with van der Waals surface area (Å²) in [5.74, 6) is 1.11. The second-order valence-corrected chi connectivity index (χ2v) is 10.9. The molecular weight excluding hydrogens is 484 g/mol. The molecule has 1 aliphatic rings. The van der Waals surface area contributed by atoms with Crippen LogP contribution in [0, 0.1) is 0 Å². The van der Waals surface area contributed by atoms with Crippen molar-refractivity contribution in [1.82, 2.24) is 14.0 Å². The van der Waals surface area contributed by atoms with Crippen molar-refractivity contribution in [2.45, 2.75) is 17.7 Å². The van der Waals surface area contributed by atoms with Gasteiger partial charge in [-0.3, -0.25) is 4.90 Å².